The van der Waals surface area contributed by atoms with Crippen LogP contribution in [0.3, 0.4) is 0 Å². The van der Waals surface area contributed by atoms with Crippen LogP contribution < -0.4 is 0 Å². The van der Waals surface area contributed by atoms with Gasteiger partial charge in [0.25, 0.3) is 0 Å². The Kier molecular flexibility index (Phi) is 3.40. The molecule has 0 fully saturated rings. The minimum atomic E-state index is 0.0361. The molecule has 5 aromatic rings. The van der Waals surface area contributed by atoms with Gasteiger partial charge in [-0.25, -0.2) is 0 Å². The zero-order chi connectivity index (χ0) is 19.8. The topological polar surface area (TPSA) is 0 Å². The summed E-state index contributed by atoms with van der Waals surface area (Å²) >= 11 is 1.89. The van der Waals surface area contributed by atoms with Crippen LogP contribution >= 0.6 is 11.3 Å². The van der Waals surface area contributed by atoms with Crippen LogP contribution in [-0.2, 0) is 5.41 Å². The van der Waals surface area contributed by atoms with Crippen LogP contribution in [0, 0.1) is 6.92 Å². The van der Waals surface area contributed by atoms with Crippen LogP contribution in [0.5, 0.6) is 0 Å². The van der Waals surface area contributed by atoms with Gasteiger partial charge in [0, 0.05) is 25.6 Å². The number of hydrogen-bond donors (Lipinski definition) is 0. The molecule has 4 aromatic carbocycles. The Balaban J connectivity index is 1.52. The lowest BCUT2D eigenvalue weighted by Crippen LogP contribution is -2.15. The SMILES string of the molecule is Cc1ccc2c(c1)C(C)(C)c1cc(-c3ccc4c(c3)sc3ccccc34)ccc1-2. The van der Waals surface area contributed by atoms with Crippen LogP contribution in [-0.4, -0.2) is 0 Å². The second-order valence-corrected chi connectivity index (χ2v) is 9.83. The molecule has 0 radical (unpaired) electrons. The molecule has 29 heavy (non-hydrogen) atoms. The van der Waals surface area contributed by atoms with Gasteiger partial charge in [-0.2, -0.15) is 0 Å². The molecule has 0 unspecified atom stereocenters. The van der Waals surface area contributed by atoms with E-state index in [2.05, 4.69) is 99.6 Å². The molecule has 140 valence electrons. The summed E-state index contributed by atoms with van der Waals surface area (Å²) in [6.07, 6.45) is 0. The van der Waals surface area contributed by atoms with Crippen molar-refractivity contribution in [1.82, 2.24) is 0 Å². The Morgan fingerprint density at radius 3 is 2.14 bits per heavy atom. The van der Waals surface area contributed by atoms with Crippen molar-refractivity contribution in [1.29, 1.82) is 0 Å². The Labute approximate surface area is 175 Å². The molecule has 0 saturated heterocycles. The highest BCUT2D eigenvalue weighted by Crippen LogP contribution is 2.50. The fourth-order valence-electron chi connectivity index (χ4n) is 4.94. The van der Waals surface area contributed by atoms with Crippen LogP contribution in [0.4, 0.5) is 0 Å². The minimum Gasteiger partial charge on any atom is -0.135 e. The minimum absolute atomic E-state index is 0.0361. The van der Waals surface area contributed by atoms with Crippen LogP contribution in [0.2, 0.25) is 0 Å². The average molecular weight is 391 g/mol. The van der Waals surface area contributed by atoms with Crippen molar-refractivity contribution >= 4 is 31.5 Å². The number of benzene rings is 4. The van der Waals surface area contributed by atoms with E-state index in [0.717, 1.165) is 0 Å². The summed E-state index contributed by atoms with van der Waals surface area (Å²) in [5.41, 5.74) is 9.64. The summed E-state index contributed by atoms with van der Waals surface area (Å²) in [4.78, 5) is 0. The highest BCUT2D eigenvalue weighted by atomic mass is 32.1. The van der Waals surface area contributed by atoms with E-state index in [-0.39, 0.29) is 5.41 Å². The van der Waals surface area contributed by atoms with E-state index in [1.807, 2.05) is 11.3 Å². The van der Waals surface area contributed by atoms with Gasteiger partial charge in [-0.3, -0.25) is 0 Å². The lowest BCUT2D eigenvalue weighted by molar-refractivity contribution is 0.660. The predicted molar refractivity (Wildman–Crippen MR) is 127 cm³/mol. The molecular weight excluding hydrogens is 368 g/mol. The molecule has 1 aromatic heterocycles. The van der Waals surface area contributed by atoms with E-state index in [4.69, 9.17) is 0 Å². The van der Waals surface area contributed by atoms with Crippen molar-refractivity contribution in [2.24, 2.45) is 0 Å². The van der Waals surface area contributed by atoms with E-state index < -0.39 is 0 Å². The van der Waals surface area contributed by atoms with Crippen molar-refractivity contribution in [3.63, 3.8) is 0 Å². The molecule has 0 N–H and O–H groups in total. The van der Waals surface area contributed by atoms with Gasteiger partial charge in [0.1, 0.15) is 0 Å². The van der Waals surface area contributed by atoms with Crippen LogP contribution in [0.1, 0.15) is 30.5 Å². The Morgan fingerprint density at radius 1 is 0.621 bits per heavy atom. The van der Waals surface area contributed by atoms with Gasteiger partial charge in [0.15, 0.2) is 0 Å². The van der Waals surface area contributed by atoms with Crippen molar-refractivity contribution < 1.29 is 0 Å². The molecule has 0 bridgehead atoms. The van der Waals surface area contributed by atoms with Gasteiger partial charge in [-0.15, -0.1) is 11.3 Å². The van der Waals surface area contributed by atoms with Gasteiger partial charge >= 0.3 is 0 Å². The van der Waals surface area contributed by atoms with Crippen molar-refractivity contribution in [2.75, 3.05) is 0 Å². The van der Waals surface area contributed by atoms with Gasteiger partial charge < -0.3 is 0 Å². The Hall–Kier alpha value is -2.90. The molecule has 1 heterocycles. The van der Waals surface area contributed by atoms with Gasteiger partial charge in [-0.05, 0) is 58.5 Å². The molecule has 1 heteroatoms. The smallest absolute Gasteiger partial charge is 0.0361 e. The Bertz CT molecular complexity index is 1430. The quantitative estimate of drug-likeness (QED) is 0.270. The zero-order valence-electron chi connectivity index (χ0n) is 16.9. The van der Waals surface area contributed by atoms with Crippen LogP contribution in [0.15, 0.2) is 78.9 Å². The van der Waals surface area contributed by atoms with E-state index >= 15 is 0 Å². The summed E-state index contributed by atoms with van der Waals surface area (Å²) in [7, 11) is 0. The normalized spacial score (nSPS) is 14.3. The fraction of sp³-hybridized carbons (Fsp3) is 0.143. The number of thiophene rings is 1. The number of hydrogen-bond acceptors (Lipinski definition) is 1. The molecule has 1 aliphatic rings. The van der Waals surface area contributed by atoms with Crippen molar-refractivity contribution in [3.8, 4) is 22.3 Å². The monoisotopic (exact) mass is 390 g/mol. The van der Waals surface area contributed by atoms with E-state index in [1.165, 1.54) is 59.1 Å². The maximum atomic E-state index is 2.42. The lowest BCUT2D eigenvalue weighted by atomic mass is 9.81. The first-order chi connectivity index (χ1) is 14.0. The molecular formula is C28H22S. The Morgan fingerprint density at radius 2 is 1.28 bits per heavy atom. The van der Waals surface area contributed by atoms with Gasteiger partial charge in [-0.1, -0.05) is 80.1 Å². The first kappa shape index (κ1) is 17.0. The number of rotatable bonds is 1. The third-order valence-electron chi connectivity index (χ3n) is 6.54. The summed E-state index contributed by atoms with van der Waals surface area (Å²) < 4.78 is 2.72. The largest absolute Gasteiger partial charge is 0.135 e. The third kappa shape index (κ3) is 2.37. The first-order valence-corrected chi connectivity index (χ1v) is 11.0. The van der Waals surface area contributed by atoms with E-state index in [0.29, 0.717) is 0 Å². The molecule has 0 amide bonds. The van der Waals surface area contributed by atoms with Gasteiger partial charge in [0.05, 0.1) is 0 Å². The fourth-order valence-corrected chi connectivity index (χ4v) is 6.08. The van der Waals surface area contributed by atoms with Crippen molar-refractivity contribution in [2.45, 2.75) is 26.2 Å². The molecule has 0 nitrogen and oxygen atoms in total. The molecule has 6 rings (SSSR count). The zero-order valence-corrected chi connectivity index (χ0v) is 17.7. The molecule has 1 aliphatic carbocycles. The van der Waals surface area contributed by atoms with Gasteiger partial charge in [0.2, 0.25) is 0 Å². The second kappa shape index (κ2) is 5.81. The summed E-state index contributed by atoms with van der Waals surface area (Å²) in [5, 5.41) is 2.72. The summed E-state index contributed by atoms with van der Waals surface area (Å²) in [6.45, 7) is 6.90. The summed E-state index contributed by atoms with van der Waals surface area (Å²) in [6, 6.07) is 29.5. The van der Waals surface area contributed by atoms with Crippen LogP contribution in [0.25, 0.3) is 42.4 Å². The maximum Gasteiger partial charge on any atom is 0.0361 e. The molecule has 0 saturated carbocycles. The molecule has 0 aliphatic heterocycles. The van der Waals surface area contributed by atoms with E-state index in [9.17, 15) is 0 Å². The highest BCUT2D eigenvalue weighted by Gasteiger charge is 2.35. The average Bonchev–Trinajstić information content (AvgIpc) is 3.20. The predicted octanol–water partition coefficient (Wildman–Crippen LogP) is 8.34. The highest BCUT2D eigenvalue weighted by molar-refractivity contribution is 7.25. The third-order valence-corrected chi connectivity index (χ3v) is 7.68. The standard InChI is InChI=1S/C28H22S/c1-17-8-11-20-21-12-9-18(15-25(21)28(2,3)24(20)14-17)19-10-13-23-22-6-4-5-7-26(22)29-27(23)16-19/h4-16H,1-3H3. The number of aryl methyl sites for hydroxylation is 1. The lowest BCUT2D eigenvalue weighted by Gasteiger charge is -2.22. The molecule has 0 atom stereocenters. The second-order valence-electron chi connectivity index (χ2n) is 8.74. The maximum absolute atomic E-state index is 2.42. The first-order valence-electron chi connectivity index (χ1n) is 10.2. The molecule has 0 spiro atoms. The van der Waals surface area contributed by atoms with Crippen molar-refractivity contribution in [3.05, 3.63) is 95.6 Å². The van der Waals surface area contributed by atoms with E-state index in [1.54, 1.807) is 0 Å². The summed E-state index contributed by atoms with van der Waals surface area (Å²) in [5.74, 6) is 0. The number of fused-ring (bicyclic) bond motifs is 6.